The number of methoxy groups -OCH3 is 1. The Morgan fingerprint density at radius 3 is 2.35 bits per heavy atom. The van der Waals surface area contributed by atoms with Crippen molar-refractivity contribution in [3.63, 3.8) is 0 Å². The molecule has 0 aliphatic heterocycles. The van der Waals surface area contributed by atoms with Gasteiger partial charge in [-0.15, -0.1) is 0 Å². The highest BCUT2D eigenvalue weighted by Gasteiger charge is 2.28. The van der Waals surface area contributed by atoms with Crippen molar-refractivity contribution in [2.75, 3.05) is 20.3 Å². The van der Waals surface area contributed by atoms with Crippen LogP contribution in [0.4, 0.5) is 9.18 Å². The third-order valence-corrected chi connectivity index (χ3v) is 5.27. The maximum atomic E-state index is 13.9. The lowest BCUT2D eigenvalue weighted by molar-refractivity contribution is 0.143. The van der Waals surface area contributed by atoms with Crippen LogP contribution in [0, 0.1) is 17.7 Å². The van der Waals surface area contributed by atoms with Gasteiger partial charge in [-0.2, -0.15) is 0 Å². The topological polar surface area (TPSA) is 47.6 Å². The van der Waals surface area contributed by atoms with E-state index in [4.69, 9.17) is 9.47 Å². The van der Waals surface area contributed by atoms with Crippen LogP contribution in [0.5, 0.6) is 5.75 Å². The number of rotatable bonds is 5. The molecule has 1 N–H and O–H groups in total. The highest BCUT2D eigenvalue weighted by atomic mass is 19.1. The molecule has 1 aliphatic rings. The standard InChI is InChI=1S/C26H22FNO3/c1-30-25-15-8-14-24(27)22(25)13-6-7-16-28-26(29)31-17-23-20-11-4-2-9-18(20)19-10-3-5-12-21(19)23/h2-5,8-12,14-15,23H,7,16-17H2,1H3,(H,28,29). The molecule has 156 valence electrons. The van der Waals surface area contributed by atoms with Gasteiger partial charge in [-0.1, -0.05) is 66.4 Å². The van der Waals surface area contributed by atoms with Crippen molar-refractivity contribution >= 4 is 6.09 Å². The van der Waals surface area contributed by atoms with Crippen LogP contribution in [0.25, 0.3) is 11.1 Å². The van der Waals surface area contributed by atoms with Gasteiger partial charge in [0.2, 0.25) is 0 Å². The van der Waals surface area contributed by atoms with Gasteiger partial charge in [0, 0.05) is 18.9 Å². The van der Waals surface area contributed by atoms with Gasteiger partial charge in [-0.3, -0.25) is 0 Å². The van der Waals surface area contributed by atoms with Crippen molar-refractivity contribution in [2.45, 2.75) is 12.3 Å². The van der Waals surface area contributed by atoms with E-state index < -0.39 is 11.9 Å². The third-order valence-electron chi connectivity index (χ3n) is 5.27. The molecule has 3 aromatic carbocycles. The number of hydrogen-bond donors (Lipinski definition) is 1. The summed E-state index contributed by atoms with van der Waals surface area (Å²) in [5.74, 6) is 5.59. The highest BCUT2D eigenvalue weighted by Crippen LogP contribution is 2.44. The van der Waals surface area contributed by atoms with Crippen LogP contribution >= 0.6 is 0 Å². The Hall–Kier alpha value is -3.78. The summed E-state index contributed by atoms with van der Waals surface area (Å²) in [5.41, 5.74) is 4.92. The van der Waals surface area contributed by atoms with E-state index in [9.17, 15) is 9.18 Å². The van der Waals surface area contributed by atoms with Crippen LogP contribution in [0.15, 0.2) is 66.7 Å². The van der Waals surface area contributed by atoms with Crippen molar-refractivity contribution in [1.82, 2.24) is 5.32 Å². The zero-order valence-corrected chi connectivity index (χ0v) is 17.2. The third kappa shape index (κ3) is 4.39. The number of halogens is 1. The van der Waals surface area contributed by atoms with Crippen molar-refractivity contribution in [1.29, 1.82) is 0 Å². The molecule has 1 aliphatic carbocycles. The van der Waals surface area contributed by atoms with E-state index in [2.05, 4.69) is 41.4 Å². The van der Waals surface area contributed by atoms with E-state index in [1.165, 1.54) is 35.4 Å². The molecule has 0 bridgehead atoms. The number of carbonyl (C=O) groups excluding carboxylic acids is 1. The minimum absolute atomic E-state index is 0.0199. The predicted octanol–water partition coefficient (Wildman–Crippen LogP) is 5.11. The first-order valence-corrected chi connectivity index (χ1v) is 10.1. The lowest BCUT2D eigenvalue weighted by Gasteiger charge is -2.14. The summed E-state index contributed by atoms with van der Waals surface area (Å²) in [6, 6.07) is 20.9. The molecule has 0 heterocycles. The van der Waals surface area contributed by atoms with Crippen molar-refractivity contribution in [2.24, 2.45) is 0 Å². The van der Waals surface area contributed by atoms with Crippen molar-refractivity contribution in [3.8, 4) is 28.7 Å². The molecular weight excluding hydrogens is 393 g/mol. The first kappa shape index (κ1) is 20.5. The second-order valence-corrected chi connectivity index (χ2v) is 7.12. The van der Waals surface area contributed by atoms with Gasteiger partial charge in [0.15, 0.2) is 0 Å². The maximum absolute atomic E-state index is 13.9. The molecule has 0 spiro atoms. The highest BCUT2D eigenvalue weighted by molar-refractivity contribution is 5.79. The molecule has 3 aromatic rings. The first-order valence-electron chi connectivity index (χ1n) is 10.1. The summed E-state index contributed by atoms with van der Waals surface area (Å²) in [4.78, 5) is 12.1. The molecule has 31 heavy (non-hydrogen) atoms. The number of benzene rings is 3. The minimum atomic E-state index is -0.493. The molecule has 0 fully saturated rings. The van der Waals surface area contributed by atoms with Crippen LogP contribution < -0.4 is 10.1 Å². The average molecular weight is 415 g/mol. The molecule has 0 radical (unpaired) electrons. The van der Waals surface area contributed by atoms with Gasteiger partial charge in [0.25, 0.3) is 0 Å². The van der Waals surface area contributed by atoms with Crippen LogP contribution in [0.3, 0.4) is 0 Å². The summed E-state index contributed by atoms with van der Waals surface area (Å²) in [6.45, 7) is 0.568. The largest absolute Gasteiger partial charge is 0.495 e. The molecule has 4 nitrogen and oxygen atoms in total. The van der Waals surface area contributed by atoms with Gasteiger partial charge >= 0.3 is 6.09 Å². The van der Waals surface area contributed by atoms with Gasteiger partial charge < -0.3 is 14.8 Å². The van der Waals surface area contributed by atoms with Crippen LogP contribution in [0.2, 0.25) is 0 Å². The van der Waals surface area contributed by atoms with E-state index in [1.807, 2.05) is 24.3 Å². The van der Waals surface area contributed by atoms with Crippen molar-refractivity contribution in [3.05, 3.63) is 89.2 Å². The van der Waals surface area contributed by atoms with Gasteiger partial charge in [-0.25, -0.2) is 9.18 Å². The van der Waals surface area contributed by atoms with Crippen molar-refractivity contribution < 1.29 is 18.7 Å². The summed E-state index contributed by atoms with van der Waals surface area (Å²) in [5, 5.41) is 2.70. The fourth-order valence-electron chi connectivity index (χ4n) is 3.82. The van der Waals surface area contributed by atoms with E-state index in [0.717, 1.165) is 0 Å². The Kier molecular flexibility index (Phi) is 6.18. The Balaban J connectivity index is 1.31. The molecule has 0 unspecified atom stereocenters. The fraction of sp³-hybridized carbons (Fsp3) is 0.192. The van der Waals surface area contributed by atoms with Crippen LogP contribution in [0.1, 0.15) is 29.0 Å². The number of carbonyl (C=O) groups is 1. The Labute approximate surface area is 181 Å². The smallest absolute Gasteiger partial charge is 0.407 e. The number of fused-ring (bicyclic) bond motifs is 3. The van der Waals surface area contributed by atoms with Crippen LogP contribution in [-0.4, -0.2) is 26.4 Å². The molecular formula is C26H22FNO3. The van der Waals surface area contributed by atoms with Gasteiger partial charge in [-0.05, 0) is 34.4 Å². The Morgan fingerprint density at radius 2 is 1.68 bits per heavy atom. The van der Waals surface area contributed by atoms with Gasteiger partial charge in [0.1, 0.15) is 23.7 Å². The summed E-state index contributed by atoms with van der Waals surface area (Å²) < 4.78 is 24.5. The SMILES string of the molecule is COc1cccc(F)c1C#CCCNC(=O)OCC1c2ccccc2-c2ccccc21. The predicted molar refractivity (Wildman–Crippen MR) is 118 cm³/mol. The Bertz CT molecular complexity index is 1120. The maximum Gasteiger partial charge on any atom is 0.407 e. The Morgan fingerprint density at radius 1 is 1.00 bits per heavy atom. The number of amides is 1. The lowest BCUT2D eigenvalue weighted by Crippen LogP contribution is -2.26. The zero-order valence-electron chi connectivity index (χ0n) is 17.2. The lowest BCUT2D eigenvalue weighted by atomic mass is 9.98. The average Bonchev–Trinajstić information content (AvgIpc) is 3.12. The van der Waals surface area contributed by atoms with E-state index >= 15 is 0 Å². The quantitative estimate of drug-likeness (QED) is 0.465. The number of nitrogens with one attached hydrogen (secondary N) is 1. The summed E-state index contributed by atoms with van der Waals surface area (Å²) in [6.07, 6.45) is -0.131. The summed E-state index contributed by atoms with van der Waals surface area (Å²) in [7, 11) is 1.47. The zero-order chi connectivity index (χ0) is 21.6. The van der Waals surface area contributed by atoms with Gasteiger partial charge in [0.05, 0.1) is 7.11 Å². The second-order valence-electron chi connectivity index (χ2n) is 7.12. The molecule has 1 amide bonds. The number of alkyl carbamates (subject to hydrolysis) is 1. The molecule has 0 saturated heterocycles. The molecule has 4 rings (SSSR count). The first-order chi connectivity index (χ1) is 15.2. The monoisotopic (exact) mass is 415 g/mol. The minimum Gasteiger partial charge on any atom is -0.495 e. The fourth-order valence-corrected chi connectivity index (χ4v) is 3.82. The number of ether oxygens (including phenoxy) is 2. The molecule has 5 heteroatoms. The molecule has 0 atom stereocenters. The second kappa shape index (κ2) is 9.36. The van der Waals surface area contributed by atoms with E-state index in [0.29, 0.717) is 18.7 Å². The van der Waals surface area contributed by atoms with Crippen LogP contribution in [-0.2, 0) is 4.74 Å². The normalized spacial score (nSPS) is 11.7. The summed E-state index contributed by atoms with van der Waals surface area (Å²) >= 11 is 0. The van der Waals surface area contributed by atoms with E-state index in [1.54, 1.807) is 12.1 Å². The van der Waals surface area contributed by atoms with E-state index in [-0.39, 0.29) is 18.1 Å². The molecule has 0 aromatic heterocycles. The number of hydrogen-bond acceptors (Lipinski definition) is 3. The molecule has 0 saturated carbocycles.